The van der Waals surface area contributed by atoms with Gasteiger partial charge in [-0.2, -0.15) is 0 Å². The standard InChI is InChI=1S/C18H28O2/c1-4-20-17-9-5-8-16(12-17)18(19)10-6-7-15(13-18)11-14(2)3/h5,8-9,12,14-15,19H,4,6-7,10-11,13H2,1-3H3. The van der Waals surface area contributed by atoms with Crippen molar-refractivity contribution in [1.29, 1.82) is 0 Å². The van der Waals surface area contributed by atoms with Gasteiger partial charge in [0, 0.05) is 0 Å². The molecule has 0 aliphatic heterocycles. The third-order valence-electron chi connectivity index (χ3n) is 4.32. The Balaban J connectivity index is 2.14. The van der Waals surface area contributed by atoms with Gasteiger partial charge in [-0.05, 0) is 62.1 Å². The van der Waals surface area contributed by atoms with Gasteiger partial charge in [0.25, 0.3) is 0 Å². The molecular formula is C18H28O2. The van der Waals surface area contributed by atoms with E-state index in [0.717, 1.165) is 30.6 Å². The predicted molar refractivity (Wildman–Crippen MR) is 82.9 cm³/mol. The summed E-state index contributed by atoms with van der Waals surface area (Å²) in [5.74, 6) is 2.21. The molecule has 1 aromatic carbocycles. The summed E-state index contributed by atoms with van der Waals surface area (Å²) in [5.41, 5.74) is 0.363. The number of hydrogen-bond donors (Lipinski definition) is 1. The highest BCUT2D eigenvalue weighted by atomic mass is 16.5. The second-order valence-corrected chi connectivity index (χ2v) is 6.58. The molecule has 2 heteroatoms. The molecule has 0 aromatic heterocycles. The summed E-state index contributed by atoms with van der Waals surface area (Å²) in [7, 11) is 0. The van der Waals surface area contributed by atoms with Crippen LogP contribution in [-0.2, 0) is 5.60 Å². The highest BCUT2D eigenvalue weighted by molar-refractivity contribution is 5.32. The third kappa shape index (κ3) is 3.76. The third-order valence-corrected chi connectivity index (χ3v) is 4.32. The fourth-order valence-electron chi connectivity index (χ4n) is 3.54. The molecule has 0 heterocycles. The minimum Gasteiger partial charge on any atom is -0.494 e. The summed E-state index contributed by atoms with van der Waals surface area (Å²) in [6, 6.07) is 8.01. The van der Waals surface area contributed by atoms with Crippen molar-refractivity contribution < 1.29 is 9.84 Å². The average molecular weight is 276 g/mol. The molecule has 0 radical (unpaired) electrons. The Labute approximate surface area is 123 Å². The fraction of sp³-hybridized carbons (Fsp3) is 0.667. The second-order valence-electron chi connectivity index (χ2n) is 6.58. The highest BCUT2D eigenvalue weighted by Gasteiger charge is 2.36. The lowest BCUT2D eigenvalue weighted by molar-refractivity contribution is -0.0246. The van der Waals surface area contributed by atoms with Crippen LogP contribution in [0.5, 0.6) is 5.75 Å². The molecule has 1 fully saturated rings. The van der Waals surface area contributed by atoms with Gasteiger partial charge in [-0.15, -0.1) is 0 Å². The van der Waals surface area contributed by atoms with Crippen LogP contribution in [0.2, 0.25) is 0 Å². The molecule has 0 saturated heterocycles. The number of rotatable bonds is 5. The Hall–Kier alpha value is -1.02. The number of benzene rings is 1. The van der Waals surface area contributed by atoms with Crippen molar-refractivity contribution in [3.8, 4) is 5.75 Å². The molecule has 112 valence electrons. The van der Waals surface area contributed by atoms with Crippen LogP contribution in [0, 0.1) is 11.8 Å². The topological polar surface area (TPSA) is 29.5 Å². The van der Waals surface area contributed by atoms with E-state index >= 15 is 0 Å². The first-order valence-corrected chi connectivity index (χ1v) is 7.99. The SMILES string of the molecule is CCOc1cccc(C2(O)CCCC(CC(C)C)C2)c1. The highest BCUT2D eigenvalue weighted by Crippen LogP contribution is 2.42. The summed E-state index contributed by atoms with van der Waals surface area (Å²) < 4.78 is 5.56. The van der Waals surface area contributed by atoms with E-state index in [2.05, 4.69) is 13.8 Å². The summed E-state index contributed by atoms with van der Waals surface area (Å²) in [6.45, 7) is 7.19. The molecule has 1 saturated carbocycles. The van der Waals surface area contributed by atoms with E-state index in [0.29, 0.717) is 18.4 Å². The zero-order chi connectivity index (χ0) is 14.6. The molecule has 0 bridgehead atoms. The van der Waals surface area contributed by atoms with Crippen LogP contribution in [0.3, 0.4) is 0 Å². The van der Waals surface area contributed by atoms with Crippen molar-refractivity contribution in [2.24, 2.45) is 11.8 Å². The van der Waals surface area contributed by atoms with Crippen LogP contribution in [0.25, 0.3) is 0 Å². The monoisotopic (exact) mass is 276 g/mol. The van der Waals surface area contributed by atoms with Crippen LogP contribution < -0.4 is 4.74 Å². The first kappa shape index (κ1) is 15.4. The molecule has 20 heavy (non-hydrogen) atoms. The maximum atomic E-state index is 11.1. The average Bonchev–Trinajstić information content (AvgIpc) is 2.39. The van der Waals surface area contributed by atoms with Gasteiger partial charge in [-0.3, -0.25) is 0 Å². The molecule has 0 spiro atoms. The van der Waals surface area contributed by atoms with Crippen LogP contribution >= 0.6 is 0 Å². The van der Waals surface area contributed by atoms with Gasteiger partial charge in [-0.25, -0.2) is 0 Å². The van der Waals surface area contributed by atoms with Gasteiger partial charge in [0.1, 0.15) is 5.75 Å². The Kier molecular flexibility index (Phi) is 5.09. The number of hydrogen-bond acceptors (Lipinski definition) is 2. The van der Waals surface area contributed by atoms with Gasteiger partial charge < -0.3 is 9.84 Å². The maximum absolute atomic E-state index is 11.1. The van der Waals surface area contributed by atoms with E-state index in [-0.39, 0.29) is 0 Å². The summed E-state index contributed by atoms with van der Waals surface area (Å²) in [5, 5.41) is 11.1. The lowest BCUT2D eigenvalue weighted by Crippen LogP contribution is -2.33. The molecule has 1 aliphatic rings. The van der Waals surface area contributed by atoms with Crippen molar-refractivity contribution in [3.63, 3.8) is 0 Å². The van der Waals surface area contributed by atoms with E-state index < -0.39 is 5.60 Å². The first-order valence-electron chi connectivity index (χ1n) is 7.99. The Morgan fingerprint density at radius 3 is 2.90 bits per heavy atom. The minimum absolute atomic E-state index is 0.643. The van der Waals surface area contributed by atoms with Crippen molar-refractivity contribution in [2.75, 3.05) is 6.61 Å². The van der Waals surface area contributed by atoms with Crippen molar-refractivity contribution in [1.82, 2.24) is 0 Å². The molecule has 1 N–H and O–H groups in total. The quantitative estimate of drug-likeness (QED) is 0.857. The van der Waals surface area contributed by atoms with E-state index in [1.165, 1.54) is 12.8 Å². The normalized spacial score (nSPS) is 26.8. The Morgan fingerprint density at radius 1 is 1.40 bits per heavy atom. The number of aliphatic hydroxyl groups is 1. The van der Waals surface area contributed by atoms with Gasteiger partial charge in [0.2, 0.25) is 0 Å². The number of ether oxygens (including phenoxy) is 1. The van der Waals surface area contributed by atoms with Gasteiger partial charge in [0.05, 0.1) is 12.2 Å². The molecule has 2 rings (SSSR count). The lowest BCUT2D eigenvalue weighted by atomic mass is 9.72. The fourth-order valence-corrected chi connectivity index (χ4v) is 3.54. The minimum atomic E-state index is -0.662. The molecule has 2 nitrogen and oxygen atoms in total. The summed E-state index contributed by atoms with van der Waals surface area (Å²) in [6.07, 6.45) is 5.35. The van der Waals surface area contributed by atoms with E-state index in [1.807, 2.05) is 31.2 Å². The van der Waals surface area contributed by atoms with Crippen LogP contribution in [0.15, 0.2) is 24.3 Å². The van der Waals surface area contributed by atoms with Gasteiger partial charge in [-0.1, -0.05) is 32.4 Å². The summed E-state index contributed by atoms with van der Waals surface area (Å²) >= 11 is 0. The molecule has 2 atom stereocenters. The maximum Gasteiger partial charge on any atom is 0.119 e. The molecular weight excluding hydrogens is 248 g/mol. The summed E-state index contributed by atoms with van der Waals surface area (Å²) in [4.78, 5) is 0. The smallest absolute Gasteiger partial charge is 0.119 e. The van der Waals surface area contributed by atoms with Crippen LogP contribution in [0.4, 0.5) is 0 Å². The largest absolute Gasteiger partial charge is 0.494 e. The van der Waals surface area contributed by atoms with Crippen molar-refractivity contribution >= 4 is 0 Å². The van der Waals surface area contributed by atoms with Crippen molar-refractivity contribution in [3.05, 3.63) is 29.8 Å². The van der Waals surface area contributed by atoms with E-state index in [4.69, 9.17) is 4.74 Å². The molecule has 0 amide bonds. The zero-order valence-corrected chi connectivity index (χ0v) is 13.1. The van der Waals surface area contributed by atoms with Gasteiger partial charge >= 0.3 is 0 Å². The van der Waals surface area contributed by atoms with E-state index in [9.17, 15) is 5.11 Å². The van der Waals surface area contributed by atoms with Crippen LogP contribution in [0.1, 0.15) is 58.4 Å². The van der Waals surface area contributed by atoms with Crippen LogP contribution in [-0.4, -0.2) is 11.7 Å². The second kappa shape index (κ2) is 6.62. The van der Waals surface area contributed by atoms with E-state index in [1.54, 1.807) is 0 Å². The zero-order valence-electron chi connectivity index (χ0n) is 13.1. The predicted octanol–water partition coefficient (Wildman–Crippen LogP) is 4.51. The lowest BCUT2D eigenvalue weighted by Gasteiger charge is -2.38. The first-order chi connectivity index (χ1) is 9.53. The Morgan fingerprint density at radius 2 is 2.20 bits per heavy atom. The molecule has 2 unspecified atom stereocenters. The van der Waals surface area contributed by atoms with Crippen molar-refractivity contribution in [2.45, 2.75) is 58.5 Å². The Bertz CT molecular complexity index is 427. The van der Waals surface area contributed by atoms with Gasteiger partial charge in [0.15, 0.2) is 0 Å². The molecule has 1 aromatic rings. The molecule has 1 aliphatic carbocycles.